The zero-order valence-electron chi connectivity index (χ0n) is 17.4. The summed E-state index contributed by atoms with van der Waals surface area (Å²) in [4.78, 5) is 4.68. The summed E-state index contributed by atoms with van der Waals surface area (Å²) in [5.41, 5.74) is 4.70. The van der Waals surface area contributed by atoms with Crippen molar-refractivity contribution in [1.29, 1.82) is 0 Å². The van der Waals surface area contributed by atoms with Gasteiger partial charge in [-0.15, -0.1) is 0 Å². The van der Waals surface area contributed by atoms with E-state index in [2.05, 4.69) is 54.8 Å². The van der Waals surface area contributed by atoms with E-state index in [4.69, 9.17) is 9.47 Å². The standard InChI is InChI=1S/C23H32N2O3/c1-17-13-18(2)23(19(3)14-17)28-16-21(26)15-24-9-11-25(12-10-24)20-5-7-22(27-4)8-6-20/h5-8,13-14,21,26H,9-12,15-16H2,1-4H3. The van der Waals surface area contributed by atoms with Gasteiger partial charge in [0.05, 0.1) is 7.11 Å². The van der Waals surface area contributed by atoms with E-state index in [1.54, 1.807) is 7.11 Å². The van der Waals surface area contributed by atoms with Crippen LogP contribution < -0.4 is 14.4 Å². The fourth-order valence-corrected chi connectivity index (χ4v) is 3.91. The zero-order chi connectivity index (χ0) is 20.1. The molecule has 1 fully saturated rings. The minimum absolute atomic E-state index is 0.323. The predicted molar refractivity (Wildman–Crippen MR) is 114 cm³/mol. The molecule has 1 aliphatic rings. The normalized spacial score (nSPS) is 16.1. The number of hydrogen-bond acceptors (Lipinski definition) is 5. The van der Waals surface area contributed by atoms with Crippen LogP contribution in [0.3, 0.4) is 0 Å². The van der Waals surface area contributed by atoms with Crippen LogP contribution in [0.15, 0.2) is 36.4 Å². The Morgan fingerprint density at radius 3 is 2.14 bits per heavy atom. The number of aliphatic hydroxyl groups excluding tert-OH is 1. The molecule has 1 saturated heterocycles. The van der Waals surface area contributed by atoms with Crippen molar-refractivity contribution >= 4 is 5.69 Å². The van der Waals surface area contributed by atoms with Gasteiger partial charge in [-0.25, -0.2) is 0 Å². The van der Waals surface area contributed by atoms with Gasteiger partial charge in [0.15, 0.2) is 0 Å². The first-order valence-electron chi connectivity index (χ1n) is 9.96. The van der Waals surface area contributed by atoms with Crippen molar-refractivity contribution < 1.29 is 14.6 Å². The number of aryl methyl sites for hydroxylation is 3. The summed E-state index contributed by atoms with van der Waals surface area (Å²) >= 11 is 0. The minimum atomic E-state index is -0.493. The van der Waals surface area contributed by atoms with E-state index in [0.717, 1.165) is 48.8 Å². The van der Waals surface area contributed by atoms with Gasteiger partial charge in [-0.05, 0) is 56.2 Å². The second kappa shape index (κ2) is 9.30. The predicted octanol–water partition coefficient (Wildman–Crippen LogP) is 3.18. The summed E-state index contributed by atoms with van der Waals surface area (Å²) in [5.74, 6) is 1.78. The lowest BCUT2D eigenvalue weighted by Gasteiger charge is -2.37. The molecule has 5 nitrogen and oxygen atoms in total. The highest BCUT2D eigenvalue weighted by Gasteiger charge is 2.20. The maximum Gasteiger partial charge on any atom is 0.125 e. The topological polar surface area (TPSA) is 45.2 Å². The highest BCUT2D eigenvalue weighted by Crippen LogP contribution is 2.25. The number of hydrogen-bond donors (Lipinski definition) is 1. The Morgan fingerprint density at radius 1 is 0.964 bits per heavy atom. The number of benzene rings is 2. The molecule has 28 heavy (non-hydrogen) atoms. The Morgan fingerprint density at radius 2 is 1.57 bits per heavy atom. The number of piperazine rings is 1. The molecule has 1 heterocycles. The van der Waals surface area contributed by atoms with Gasteiger partial charge in [-0.3, -0.25) is 4.90 Å². The molecule has 0 spiro atoms. The number of aliphatic hydroxyl groups is 1. The Balaban J connectivity index is 1.45. The van der Waals surface area contributed by atoms with Crippen LogP contribution in [0, 0.1) is 20.8 Å². The van der Waals surface area contributed by atoms with E-state index < -0.39 is 6.10 Å². The van der Waals surface area contributed by atoms with Crippen LogP contribution in [0.4, 0.5) is 5.69 Å². The molecule has 0 bridgehead atoms. The number of β-amino-alcohol motifs (C(OH)–C–C–N with tert-alkyl or cyclic N) is 1. The van der Waals surface area contributed by atoms with E-state index in [0.29, 0.717) is 13.2 Å². The van der Waals surface area contributed by atoms with Crippen LogP contribution in [0.2, 0.25) is 0 Å². The van der Waals surface area contributed by atoms with E-state index in [9.17, 15) is 5.11 Å². The summed E-state index contributed by atoms with van der Waals surface area (Å²) in [6.45, 7) is 10.9. The third kappa shape index (κ3) is 5.18. The number of ether oxygens (including phenoxy) is 2. The molecule has 0 radical (unpaired) electrons. The summed E-state index contributed by atoms with van der Waals surface area (Å²) in [5, 5.41) is 10.4. The van der Waals surface area contributed by atoms with Gasteiger partial charge >= 0.3 is 0 Å². The summed E-state index contributed by atoms with van der Waals surface area (Å²) in [7, 11) is 1.68. The molecule has 0 aliphatic carbocycles. The molecule has 1 N–H and O–H groups in total. The Hall–Kier alpha value is -2.24. The van der Waals surface area contributed by atoms with Gasteiger partial charge in [-0.2, -0.15) is 0 Å². The van der Waals surface area contributed by atoms with Crippen LogP contribution in [-0.2, 0) is 0 Å². The maximum absolute atomic E-state index is 10.4. The van der Waals surface area contributed by atoms with E-state index in [-0.39, 0.29) is 0 Å². The first-order valence-corrected chi connectivity index (χ1v) is 9.96. The quantitative estimate of drug-likeness (QED) is 0.794. The second-order valence-electron chi connectivity index (χ2n) is 7.68. The van der Waals surface area contributed by atoms with E-state index in [1.807, 2.05) is 12.1 Å². The number of rotatable bonds is 7. The smallest absolute Gasteiger partial charge is 0.125 e. The highest BCUT2D eigenvalue weighted by atomic mass is 16.5. The highest BCUT2D eigenvalue weighted by molar-refractivity contribution is 5.49. The minimum Gasteiger partial charge on any atom is -0.497 e. The van der Waals surface area contributed by atoms with E-state index in [1.165, 1.54) is 11.3 Å². The number of anilines is 1. The first kappa shape index (κ1) is 20.5. The monoisotopic (exact) mass is 384 g/mol. The van der Waals surface area contributed by atoms with Crippen molar-refractivity contribution in [1.82, 2.24) is 4.90 Å². The maximum atomic E-state index is 10.4. The number of methoxy groups -OCH3 is 1. The fraction of sp³-hybridized carbons (Fsp3) is 0.478. The molecule has 152 valence electrons. The van der Waals surface area contributed by atoms with Crippen LogP contribution >= 0.6 is 0 Å². The molecule has 5 heteroatoms. The molecule has 0 saturated carbocycles. The Bertz CT molecular complexity index is 745. The summed E-state index contributed by atoms with van der Waals surface area (Å²) in [6.07, 6.45) is -0.493. The second-order valence-corrected chi connectivity index (χ2v) is 7.68. The third-order valence-corrected chi connectivity index (χ3v) is 5.30. The molecule has 2 aromatic rings. The molecular formula is C23H32N2O3. The van der Waals surface area contributed by atoms with Crippen molar-refractivity contribution in [3.63, 3.8) is 0 Å². The lowest BCUT2D eigenvalue weighted by Crippen LogP contribution is -2.49. The van der Waals surface area contributed by atoms with Crippen LogP contribution in [0.25, 0.3) is 0 Å². The molecule has 0 amide bonds. The van der Waals surface area contributed by atoms with Crippen molar-refractivity contribution in [2.45, 2.75) is 26.9 Å². The molecule has 2 aromatic carbocycles. The average molecular weight is 385 g/mol. The van der Waals surface area contributed by atoms with Gasteiger partial charge in [0.1, 0.15) is 24.2 Å². The molecule has 1 aliphatic heterocycles. The van der Waals surface area contributed by atoms with Gasteiger partial charge in [0, 0.05) is 38.4 Å². The van der Waals surface area contributed by atoms with Gasteiger partial charge in [0.25, 0.3) is 0 Å². The molecule has 0 aromatic heterocycles. The van der Waals surface area contributed by atoms with Crippen LogP contribution in [-0.4, -0.2) is 62.6 Å². The Labute approximate surface area is 168 Å². The van der Waals surface area contributed by atoms with Crippen molar-refractivity contribution in [3.8, 4) is 11.5 Å². The third-order valence-electron chi connectivity index (χ3n) is 5.30. The average Bonchev–Trinajstić information content (AvgIpc) is 2.68. The van der Waals surface area contributed by atoms with Gasteiger partial charge in [-0.1, -0.05) is 17.7 Å². The molecule has 1 unspecified atom stereocenters. The zero-order valence-corrected chi connectivity index (χ0v) is 17.4. The van der Waals surface area contributed by atoms with Gasteiger partial charge < -0.3 is 19.5 Å². The largest absolute Gasteiger partial charge is 0.497 e. The van der Waals surface area contributed by atoms with E-state index >= 15 is 0 Å². The van der Waals surface area contributed by atoms with Crippen LogP contribution in [0.5, 0.6) is 11.5 Å². The SMILES string of the molecule is COc1ccc(N2CCN(CC(O)COc3c(C)cc(C)cc3C)CC2)cc1. The Kier molecular flexibility index (Phi) is 6.81. The fourth-order valence-electron chi connectivity index (χ4n) is 3.91. The van der Waals surface area contributed by atoms with Crippen molar-refractivity contribution in [2.24, 2.45) is 0 Å². The van der Waals surface area contributed by atoms with Gasteiger partial charge in [0.2, 0.25) is 0 Å². The molecule has 1 atom stereocenters. The molecular weight excluding hydrogens is 352 g/mol. The lowest BCUT2D eigenvalue weighted by molar-refractivity contribution is 0.0658. The lowest BCUT2D eigenvalue weighted by atomic mass is 10.1. The summed E-state index contributed by atoms with van der Waals surface area (Å²) < 4.78 is 11.2. The summed E-state index contributed by atoms with van der Waals surface area (Å²) in [6, 6.07) is 12.4. The first-order chi connectivity index (χ1) is 13.5. The molecule has 3 rings (SSSR count). The van der Waals surface area contributed by atoms with Crippen molar-refractivity contribution in [3.05, 3.63) is 53.1 Å². The van der Waals surface area contributed by atoms with Crippen LogP contribution in [0.1, 0.15) is 16.7 Å². The van der Waals surface area contributed by atoms with Crippen molar-refractivity contribution in [2.75, 3.05) is 51.3 Å². The number of nitrogens with zero attached hydrogens (tertiary/aromatic N) is 2.